The van der Waals surface area contributed by atoms with Crippen molar-refractivity contribution in [3.63, 3.8) is 0 Å². The van der Waals surface area contributed by atoms with E-state index in [1.807, 2.05) is 12.1 Å². The van der Waals surface area contributed by atoms with Crippen LogP contribution in [0.15, 0.2) is 22.8 Å². The minimum absolute atomic E-state index is 0.219. The molecule has 3 atom stereocenters. The van der Waals surface area contributed by atoms with Crippen molar-refractivity contribution in [2.45, 2.75) is 12.6 Å². The Morgan fingerprint density at radius 1 is 1.45 bits per heavy atom. The summed E-state index contributed by atoms with van der Waals surface area (Å²) in [6.07, 6.45) is 3.09. The summed E-state index contributed by atoms with van der Waals surface area (Å²) in [5, 5.41) is 0. The summed E-state index contributed by atoms with van der Waals surface area (Å²) in [5.74, 6) is 1.62. The summed E-state index contributed by atoms with van der Waals surface area (Å²) in [6, 6.07) is 3.86. The molecular formula is C13H20N2O4S. The third-order valence-electron chi connectivity index (χ3n) is 4.08. The minimum Gasteiger partial charge on any atom is -0.468 e. The monoisotopic (exact) mass is 300 g/mol. The summed E-state index contributed by atoms with van der Waals surface area (Å²) >= 11 is 0. The zero-order valence-electron chi connectivity index (χ0n) is 11.5. The Hall–Kier alpha value is -0.890. The summed E-state index contributed by atoms with van der Waals surface area (Å²) < 4.78 is 36.1. The summed E-state index contributed by atoms with van der Waals surface area (Å²) in [5.41, 5.74) is 0. The zero-order valence-corrected chi connectivity index (χ0v) is 12.3. The van der Waals surface area contributed by atoms with E-state index in [9.17, 15) is 8.42 Å². The highest BCUT2D eigenvalue weighted by Crippen LogP contribution is 2.34. The van der Waals surface area contributed by atoms with Crippen LogP contribution in [0, 0.1) is 11.8 Å². The molecule has 20 heavy (non-hydrogen) atoms. The third kappa shape index (κ3) is 3.22. The van der Waals surface area contributed by atoms with E-state index >= 15 is 0 Å². The molecule has 2 saturated heterocycles. The number of hydrogen-bond donors (Lipinski definition) is 1. The van der Waals surface area contributed by atoms with Gasteiger partial charge in [-0.3, -0.25) is 4.90 Å². The third-order valence-corrected chi connectivity index (χ3v) is 4.77. The summed E-state index contributed by atoms with van der Waals surface area (Å²) in [6.45, 7) is 3.72. The molecule has 0 aromatic carbocycles. The van der Waals surface area contributed by atoms with E-state index in [1.165, 1.54) is 6.26 Å². The van der Waals surface area contributed by atoms with Gasteiger partial charge in [0.2, 0.25) is 10.0 Å². The highest BCUT2D eigenvalue weighted by atomic mass is 32.2. The van der Waals surface area contributed by atoms with Crippen LogP contribution in [0.3, 0.4) is 0 Å². The fourth-order valence-corrected chi connectivity index (χ4v) is 3.62. The lowest BCUT2D eigenvalue weighted by Gasteiger charge is -2.18. The molecule has 0 spiro atoms. The predicted molar refractivity (Wildman–Crippen MR) is 73.6 cm³/mol. The SMILES string of the molecule is CS(=O)(=O)NC[C@H]1CO[C@@H]2CN(Cc3ccco3)C[C@H]12. The molecule has 2 fully saturated rings. The van der Waals surface area contributed by atoms with Crippen LogP contribution in [-0.2, 0) is 21.3 Å². The van der Waals surface area contributed by atoms with Crippen LogP contribution in [0.1, 0.15) is 5.76 Å². The molecule has 1 N–H and O–H groups in total. The highest BCUT2D eigenvalue weighted by molar-refractivity contribution is 7.88. The fourth-order valence-electron chi connectivity index (χ4n) is 3.10. The van der Waals surface area contributed by atoms with Crippen LogP contribution >= 0.6 is 0 Å². The topological polar surface area (TPSA) is 71.8 Å². The van der Waals surface area contributed by atoms with Crippen molar-refractivity contribution in [2.24, 2.45) is 11.8 Å². The Labute approximate surface area is 119 Å². The van der Waals surface area contributed by atoms with Crippen LogP contribution in [0.2, 0.25) is 0 Å². The number of furan rings is 1. The van der Waals surface area contributed by atoms with Crippen LogP contribution in [0.5, 0.6) is 0 Å². The molecule has 2 aliphatic rings. The number of rotatable bonds is 5. The van der Waals surface area contributed by atoms with E-state index in [-0.39, 0.29) is 12.0 Å². The first-order valence-corrected chi connectivity index (χ1v) is 8.71. The van der Waals surface area contributed by atoms with Gasteiger partial charge in [0, 0.05) is 31.5 Å². The van der Waals surface area contributed by atoms with Gasteiger partial charge < -0.3 is 9.15 Å². The van der Waals surface area contributed by atoms with E-state index in [1.54, 1.807) is 6.26 Å². The Morgan fingerprint density at radius 2 is 2.30 bits per heavy atom. The first kappa shape index (κ1) is 14.1. The Kier molecular flexibility index (Phi) is 3.85. The van der Waals surface area contributed by atoms with E-state index in [0.29, 0.717) is 19.1 Å². The smallest absolute Gasteiger partial charge is 0.208 e. The van der Waals surface area contributed by atoms with Gasteiger partial charge in [-0.25, -0.2) is 13.1 Å². The van der Waals surface area contributed by atoms with Gasteiger partial charge in [0.15, 0.2) is 0 Å². The maximum atomic E-state index is 11.2. The second-order valence-corrected chi connectivity index (χ2v) is 7.52. The lowest BCUT2D eigenvalue weighted by molar-refractivity contribution is 0.0931. The number of nitrogens with one attached hydrogen (secondary N) is 1. The van der Waals surface area contributed by atoms with Gasteiger partial charge in [0.25, 0.3) is 0 Å². The summed E-state index contributed by atoms with van der Waals surface area (Å²) in [4.78, 5) is 2.31. The van der Waals surface area contributed by atoms with Crippen molar-refractivity contribution in [1.82, 2.24) is 9.62 Å². The average Bonchev–Trinajstić information content (AvgIpc) is 3.03. The molecule has 1 aromatic rings. The molecule has 6 nitrogen and oxygen atoms in total. The van der Waals surface area contributed by atoms with E-state index in [4.69, 9.17) is 9.15 Å². The van der Waals surface area contributed by atoms with Crippen molar-refractivity contribution in [1.29, 1.82) is 0 Å². The molecule has 0 bridgehead atoms. The van der Waals surface area contributed by atoms with Crippen molar-refractivity contribution < 1.29 is 17.6 Å². The van der Waals surface area contributed by atoms with Crippen molar-refractivity contribution >= 4 is 10.0 Å². The fraction of sp³-hybridized carbons (Fsp3) is 0.692. The van der Waals surface area contributed by atoms with E-state index in [2.05, 4.69) is 9.62 Å². The van der Waals surface area contributed by atoms with E-state index < -0.39 is 10.0 Å². The molecule has 3 heterocycles. The van der Waals surface area contributed by atoms with Crippen molar-refractivity contribution in [3.8, 4) is 0 Å². The van der Waals surface area contributed by atoms with Crippen LogP contribution in [0.25, 0.3) is 0 Å². The quantitative estimate of drug-likeness (QED) is 0.845. The average molecular weight is 300 g/mol. The molecule has 1 aromatic heterocycles. The van der Waals surface area contributed by atoms with Gasteiger partial charge in [-0.15, -0.1) is 0 Å². The highest BCUT2D eigenvalue weighted by Gasteiger charge is 2.43. The number of ether oxygens (including phenoxy) is 1. The molecule has 0 radical (unpaired) electrons. The Morgan fingerprint density at radius 3 is 3.00 bits per heavy atom. The van der Waals surface area contributed by atoms with Gasteiger partial charge >= 0.3 is 0 Å². The normalized spacial score (nSPS) is 30.8. The van der Waals surface area contributed by atoms with Gasteiger partial charge in [-0.05, 0) is 12.1 Å². The first-order chi connectivity index (χ1) is 9.51. The number of fused-ring (bicyclic) bond motifs is 1. The molecular weight excluding hydrogens is 280 g/mol. The van der Waals surface area contributed by atoms with E-state index in [0.717, 1.165) is 25.4 Å². The molecule has 0 aliphatic carbocycles. The lowest BCUT2D eigenvalue weighted by atomic mass is 9.93. The number of nitrogens with zero attached hydrogens (tertiary/aromatic N) is 1. The molecule has 7 heteroatoms. The maximum Gasteiger partial charge on any atom is 0.208 e. The van der Waals surface area contributed by atoms with Gasteiger partial charge in [-0.1, -0.05) is 0 Å². The zero-order chi connectivity index (χ0) is 14.2. The van der Waals surface area contributed by atoms with Crippen LogP contribution < -0.4 is 4.72 Å². The number of likely N-dealkylation sites (tertiary alicyclic amines) is 1. The molecule has 0 amide bonds. The van der Waals surface area contributed by atoms with Crippen molar-refractivity contribution in [2.75, 3.05) is 32.5 Å². The predicted octanol–water partition coefficient (Wildman–Crippen LogP) is 0.276. The second kappa shape index (κ2) is 5.48. The summed E-state index contributed by atoms with van der Waals surface area (Å²) in [7, 11) is -3.13. The van der Waals surface area contributed by atoms with Crippen molar-refractivity contribution in [3.05, 3.63) is 24.2 Å². The Balaban J connectivity index is 1.55. The van der Waals surface area contributed by atoms with Gasteiger partial charge in [0.1, 0.15) is 5.76 Å². The van der Waals surface area contributed by atoms with Crippen LogP contribution in [-0.4, -0.2) is 51.9 Å². The largest absolute Gasteiger partial charge is 0.468 e. The molecule has 112 valence electrons. The first-order valence-electron chi connectivity index (χ1n) is 6.82. The maximum absolute atomic E-state index is 11.2. The molecule has 3 rings (SSSR count). The Bertz CT molecular complexity index is 543. The molecule has 2 aliphatic heterocycles. The minimum atomic E-state index is -3.13. The van der Waals surface area contributed by atoms with Gasteiger partial charge in [-0.2, -0.15) is 0 Å². The van der Waals surface area contributed by atoms with Gasteiger partial charge in [0.05, 0.1) is 31.8 Å². The number of sulfonamides is 1. The number of hydrogen-bond acceptors (Lipinski definition) is 5. The standard InChI is InChI=1S/C13H20N2O4S/c1-20(16,17)14-5-10-9-19-13-8-15(7-12(10)13)6-11-3-2-4-18-11/h2-4,10,12-14H,5-9H2,1H3/t10-,12+,13+/m0/s1. The molecule has 0 unspecified atom stereocenters. The lowest BCUT2D eigenvalue weighted by Crippen LogP contribution is -2.33. The second-order valence-electron chi connectivity index (χ2n) is 5.69. The van der Waals surface area contributed by atoms with Crippen LogP contribution in [0.4, 0.5) is 0 Å². The molecule has 0 saturated carbocycles.